The number of fused-ring (bicyclic) bond motifs is 1. The zero-order chi connectivity index (χ0) is 18.1. The van der Waals surface area contributed by atoms with Crippen molar-refractivity contribution in [3.8, 4) is 17.2 Å². The molecule has 0 spiro atoms. The Balaban J connectivity index is 1.91. The van der Waals surface area contributed by atoms with Crippen LogP contribution in [0, 0.1) is 6.92 Å². The van der Waals surface area contributed by atoms with Crippen LogP contribution in [0.3, 0.4) is 0 Å². The van der Waals surface area contributed by atoms with Gasteiger partial charge in [-0.25, -0.2) is 4.79 Å². The molecule has 0 saturated heterocycles. The molecule has 0 radical (unpaired) electrons. The van der Waals surface area contributed by atoms with E-state index in [-0.39, 0.29) is 16.5 Å². The van der Waals surface area contributed by atoms with Gasteiger partial charge in [-0.1, -0.05) is 11.6 Å². The molecule has 3 N–H and O–H groups in total. The molecule has 0 unspecified atom stereocenters. The summed E-state index contributed by atoms with van der Waals surface area (Å²) in [5.74, 6) is -1.38. The monoisotopic (exact) mass is 361 g/mol. The smallest absolute Gasteiger partial charge is 0.394 e. The first-order valence-corrected chi connectivity index (χ1v) is 8.10. The molecule has 0 heterocycles. The Kier molecular flexibility index (Phi) is 4.55. The number of phenolic OH excluding ortho intramolecular Hbond substituents is 1. The number of anilines is 1. The summed E-state index contributed by atoms with van der Waals surface area (Å²) < 4.78 is 5.97. The minimum Gasteiger partial charge on any atom is -0.508 e. The van der Waals surface area contributed by atoms with Crippen LogP contribution in [0.25, 0.3) is 0 Å². The number of ether oxygens (including phenoxy) is 1. The van der Waals surface area contributed by atoms with Crippen LogP contribution in [0.4, 0.5) is 5.69 Å². The van der Waals surface area contributed by atoms with E-state index >= 15 is 0 Å². The predicted octanol–water partition coefficient (Wildman–Crippen LogP) is 3.66. The molecule has 25 heavy (non-hydrogen) atoms. The van der Waals surface area contributed by atoms with Gasteiger partial charge in [0.15, 0.2) is 0 Å². The van der Waals surface area contributed by atoms with E-state index in [1.54, 1.807) is 25.1 Å². The third kappa shape index (κ3) is 3.39. The zero-order valence-electron chi connectivity index (χ0n) is 13.4. The molecule has 2 aromatic rings. The maximum Gasteiger partial charge on any atom is 0.394 e. The van der Waals surface area contributed by atoms with Crippen LogP contribution in [-0.2, 0) is 22.4 Å². The van der Waals surface area contributed by atoms with Crippen LogP contribution in [0.1, 0.15) is 23.1 Å². The standard InChI is InChI=1S/C18H16ClNO5/c1-9-7-10(20-17(22)18(23)24)8-13(19)16(9)25-15-6-5-14(21)11-3-2-4-12(11)15/h5-8,21H,2-4H2,1H3,(H,20,22)(H,23,24). The van der Waals surface area contributed by atoms with Crippen LogP contribution in [0.15, 0.2) is 24.3 Å². The number of nitrogens with one attached hydrogen (secondary N) is 1. The first kappa shape index (κ1) is 17.1. The fourth-order valence-corrected chi connectivity index (χ4v) is 3.28. The number of carboxylic acids is 1. The van der Waals surface area contributed by atoms with Crippen molar-refractivity contribution in [3.63, 3.8) is 0 Å². The van der Waals surface area contributed by atoms with Gasteiger partial charge in [0.25, 0.3) is 0 Å². The highest BCUT2D eigenvalue weighted by Gasteiger charge is 2.21. The molecule has 1 amide bonds. The topological polar surface area (TPSA) is 95.9 Å². The van der Waals surface area contributed by atoms with Gasteiger partial charge in [-0.05, 0) is 56.0 Å². The summed E-state index contributed by atoms with van der Waals surface area (Å²) in [6, 6.07) is 6.33. The van der Waals surface area contributed by atoms with E-state index in [2.05, 4.69) is 5.32 Å². The Bertz CT molecular complexity index is 855. The van der Waals surface area contributed by atoms with Crippen LogP contribution in [-0.4, -0.2) is 22.1 Å². The van der Waals surface area contributed by atoms with E-state index in [9.17, 15) is 14.7 Å². The predicted molar refractivity (Wildman–Crippen MR) is 92.7 cm³/mol. The fourth-order valence-electron chi connectivity index (χ4n) is 2.98. The molecule has 0 saturated carbocycles. The van der Waals surface area contributed by atoms with Gasteiger partial charge in [-0.15, -0.1) is 0 Å². The summed E-state index contributed by atoms with van der Waals surface area (Å²) in [7, 11) is 0. The molecule has 2 aromatic carbocycles. The van der Waals surface area contributed by atoms with Gasteiger partial charge in [0.1, 0.15) is 17.2 Å². The lowest BCUT2D eigenvalue weighted by Crippen LogP contribution is -2.21. The number of aryl methyl sites for hydroxylation is 1. The third-order valence-corrected chi connectivity index (χ3v) is 4.39. The van der Waals surface area contributed by atoms with Crippen molar-refractivity contribution < 1.29 is 24.5 Å². The van der Waals surface area contributed by atoms with E-state index in [1.165, 1.54) is 6.07 Å². The number of carbonyl (C=O) groups is 2. The van der Waals surface area contributed by atoms with Crippen molar-refractivity contribution in [2.75, 3.05) is 5.32 Å². The molecular formula is C18H16ClNO5. The number of aliphatic carboxylic acids is 1. The summed E-state index contributed by atoms with van der Waals surface area (Å²) in [5.41, 5.74) is 2.79. The second kappa shape index (κ2) is 6.64. The zero-order valence-corrected chi connectivity index (χ0v) is 14.2. The van der Waals surface area contributed by atoms with E-state index in [0.29, 0.717) is 17.1 Å². The lowest BCUT2D eigenvalue weighted by molar-refractivity contribution is -0.147. The first-order valence-electron chi connectivity index (χ1n) is 7.73. The highest BCUT2D eigenvalue weighted by atomic mass is 35.5. The van der Waals surface area contributed by atoms with E-state index < -0.39 is 11.9 Å². The molecule has 7 heteroatoms. The number of aromatic hydroxyl groups is 1. The van der Waals surface area contributed by atoms with Crippen molar-refractivity contribution in [3.05, 3.63) is 46.0 Å². The molecule has 6 nitrogen and oxygen atoms in total. The van der Waals surface area contributed by atoms with Crippen molar-refractivity contribution in [1.29, 1.82) is 0 Å². The Morgan fingerprint density at radius 1 is 1.20 bits per heavy atom. The van der Waals surface area contributed by atoms with Crippen molar-refractivity contribution in [2.45, 2.75) is 26.2 Å². The Morgan fingerprint density at radius 2 is 1.92 bits per heavy atom. The van der Waals surface area contributed by atoms with E-state index in [1.807, 2.05) is 0 Å². The summed E-state index contributed by atoms with van der Waals surface area (Å²) in [5, 5.41) is 21.1. The minimum atomic E-state index is -1.58. The second-order valence-electron chi connectivity index (χ2n) is 5.86. The molecule has 1 aliphatic rings. The number of carbonyl (C=O) groups excluding carboxylic acids is 1. The summed E-state index contributed by atoms with van der Waals surface area (Å²) in [4.78, 5) is 21.9. The summed E-state index contributed by atoms with van der Waals surface area (Å²) >= 11 is 6.26. The highest BCUT2D eigenvalue weighted by molar-refractivity contribution is 6.37. The SMILES string of the molecule is Cc1cc(NC(=O)C(=O)O)cc(Cl)c1Oc1ccc(O)c2c1CCC2. The minimum absolute atomic E-state index is 0.250. The van der Waals surface area contributed by atoms with Gasteiger partial charge in [0.2, 0.25) is 0 Å². The summed E-state index contributed by atoms with van der Waals surface area (Å²) in [6.07, 6.45) is 2.59. The van der Waals surface area contributed by atoms with Crippen molar-refractivity contribution in [2.24, 2.45) is 0 Å². The van der Waals surface area contributed by atoms with Gasteiger partial charge in [0.05, 0.1) is 5.02 Å². The summed E-state index contributed by atoms with van der Waals surface area (Å²) in [6.45, 7) is 1.75. The molecule has 0 aromatic heterocycles. The second-order valence-corrected chi connectivity index (χ2v) is 6.27. The Morgan fingerprint density at radius 3 is 2.60 bits per heavy atom. The lowest BCUT2D eigenvalue weighted by Gasteiger charge is -2.15. The van der Waals surface area contributed by atoms with Gasteiger partial charge >= 0.3 is 11.9 Å². The quantitative estimate of drug-likeness (QED) is 0.725. The maximum atomic E-state index is 11.3. The van der Waals surface area contributed by atoms with E-state index in [0.717, 1.165) is 30.4 Å². The van der Waals surface area contributed by atoms with Crippen molar-refractivity contribution >= 4 is 29.2 Å². The normalized spacial score (nSPS) is 12.6. The Hall–Kier alpha value is -2.73. The van der Waals surface area contributed by atoms with Crippen molar-refractivity contribution in [1.82, 2.24) is 0 Å². The number of hydrogen-bond donors (Lipinski definition) is 3. The molecule has 130 valence electrons. The number of phenols is 1. The van der Waals surface area contributed by atoms with Crippen LogP contribution < -0.4 is 10.1 Å². The van der Waals surface area contributed by atoms with Gasteiger partial charge in [-0.2, -0.15) is 0 Å². The number of amides is 1. The van der Waals surface area contributed by atoms with Crippen LogP contribution >= 0.6 is 11.6 Å². The van der Waals surface area contributed by atoms with Crippen LogP contribution in [0.2, 0.25) is 5.02 Å². The number of rotatable bonds is 3. The fraction of sp³-hybridized carbons (Fsp3) is 0.222. The molecule has 0 bridgehead atoms. The Labute approximate surface area is 149 Å². The molecule has 1 aliphatic carbocycles. The van der Waals surface area contributed by atoms with Gasteiger partial charge in [0, 0.05) is 16.8 Å². The van der Waals surface area contributed by atoms with Gasteiger partial charge < -0.3 is 20.3 Å². The molecule has 0 atom stereocenters. The molecule has 0 fully saturated rings. The largest absolute Gasteiger partial charge is 0.508 e. The molecular weight excluding hydrogens is 346 g/mol. The first-order chi connectivity index (χ1) is 11.9. The number of halogens is 1. The number of carboxylic acid groups (broad SMARTS) is 1. The van der Waals surface area contributed by atoms with Crippen LogP contribution in [0.5, 0.6) is 17.2 Å². The third-order valence-electron chi connectivity index (χ3n) is 4.11. The molecule has 0 aliphatic heterocycles. The lowest BCUT2D eigenvalue weighted by atomic mass is 10.1. The average Bonchev–Trinajstić information content (AvgIpc) is 3.03. The average molecular weight is 362 g/mol. The number of hydrogen-bond acceptors (Lipinski definition) is 4. The molecule has 3 rings (SSSR count). The maximum absolute atomic E-state index is 11.3. The van der Waals surface area contributed by atoms with E-state index in [4.69, 9.17) is 21.4 Å². The van der Waals surface area contributed by atoms with Gasteiger partial charge in [-0.3, -0.25) is 4.79 Å². The number of benzene rings is 2. The highest BCUT2D eigenvalue weighted by Crippen LogP contribution is 2.41.